The molecule has 0 spiro atoms. The van der Waals surface area contributed by atoms with Gasteiger partial charge in [-0.25, -0.2) is 14.6 Å². The van der Waals surface area contributed by atoms with Gasteiger partial charge in [0.25, 0.3) is 0 Å². The fourth-order valence-electron chi connectivity index (χ4n) is 2.19. The van der Waals surface area contributed by atoms with E-state index in [4.69, 9.17) is 0 Å². The lowest BCUT2D eigenvalue weighted by molar-refractivity contribution is 0.889. The number of rotatable bonds is 3. The van der Waals surface area contributed by atoms with E-state index in [9.17, 15) is 0 Å². The van der Waals surface area contributed by atoms with E-state index >= 15 is 0 Å². The van der Waals surface area contributed by atoms with E-state index in [0.29, 0.717) is 0 Å². The maximum Gasteiger partial charge on any atom is 0.168 e. The van der Waals surface area contributed by atoms with Crippen molar-refractivity contribution in [1.29, 1.82) is 0 Å². The first-order chi connectivity index (χ1) is 9.69. The summed E-state index contributed by atoms with van der Waals surface area (Å²) in [7, 11) is 0. The molecule has 2 aromatic heterocycles. The van der Waals surface area contributed by atoms with Crippen LogP contribution in [0, 0.1) is 13.8 Å². The highest BCUT2D eigenvalue weighted by molar-refractivity contribution is 5.87. The number of hydrogen-bond donors (Lipinski definition) is 1. The zero-order valence-corrected chi connectivity index (χ0v) is 11.9. The summed E-state index contributed by atoms with van der Waals surface area (Å²) in [5.74, 6) is 1.58. The first-order valence-electron chi connectivity index (χ1n) is 6.72. The summed E-state index contributed by atoms with van der Waals surface area (Å²) in [6.45, 7) is 6.84. The van der Waals surface area contributed by atoms with Crippen LogP contribution in [0.4, 0.5) is 5.82 Å². The number of hydrogen-bond acceptors (Lipinski definition) is 4. The maximum atomic E-state index is 4.53. The molecule has 0 atom stereocenters. The molecule has 0 aliphatic carbocycles. The zero-order valence-electron chi connectivity index (χ0n) is 11.9. The molecule has 102 valence electrons. The van der Waals surface area contributed by atoms with Crippen LogP contribution in [0.15, 0.2) is 30.5 Å². The lowest BCUT2D eigenvalue weighted by Gasteiger charge is -2.07. The average molecular weight is 267 g/mol. The van der Waals surface area contributed by atoms with Crippen LogP contribution in [-0.4, -0.2) is 26.3 Å². The second-order valence-electron chi connectivity index (χ2n) is 4.78. The van der Waals surface area contributed by atoms with Crippen molar-refractivity contribution in [2.24, 2.45) is 0 Å². The van der Waals surface area contributed by atoms with E-state index in [1.54, 1.807) is 0 Å². The van der Waals surface area contributed by atoms with Gasteiger partial charge in [0.15, 0.2) is 5.65 Å². The van der Waals surface area contributed by atoms with Gasteiger partial charge in [-0.15, -0.1) is 0 Å². The van der Waals surface area contributed by atoms with Crippen LogP contribution >= 0.6 is 0 Å². The van der Waals surface area contributed by atoms with E-state index < -0.39 is 0 Å². The fraction of sp³-hybridized carbons (Fsp3) is 0.267. The summed E-state index contributed by atoms with van der Waals surface area (Å²) >= 11 is 0. The normalized spacial score (nSPS) is 10.9. The Balaban J connectivity index is 2.20. The molecule has 5 heteroatoms. The number of nitrogens with zero attached hydrogens (tertiary/aromatic N) is 4. The van der Waals surface area contributed by atoms with Gasteiger partial charge in [0.2, 0.25) is 0 Å². The Morgan fingerprint density at radius 3 is 2.55 bits per heavy atom. The molecule has 0 aliphatic heterocycles. The molecule has 0 aliphatic rings. The van der Waals surface area contributed by atoms with Gasteiger partial charge in [-0.05, 0) is 32.9 Å². The minimum Gasteiger partial charge on any atom is -0.370 e. The first-order valence-corrected chi connectivity index (χ1v) is 6.72. The summed E-state index contributed by atoms with van der Waals surface area (Å²) in [5, 5.41) is 8.66. The highest BCUT2D eigenvalue weighted by Gasteiger charge is 2.12. The van der Waals surface area contributed by atoms with Crippen molar-refractivity contribution in [2.45, 2.75) is 20.8 Å². The van der Waals surface area contributed by atoms with Crippen LogP contribution < -0.4 is 5.32 Å². The van der Waals surface area contributed by atoms with Crippen molar-refractivity contribution >= 4 is 16.9 Å². The smallest absolute Gasteiger partial charge is 0.168 e. The minimum absolute atomic E-state index is 0.738. The molecule has 2 heterocycles. The predicted octanol–water partition coefficient (Wildman–Crippen LogP) is 2.86. The van der Waals surface area contributed by atoms with Gasteiger partial charge >= 0.3 is 0 Å². The van der Waals surface area contributed by atoms with Gasteiger partial charge in [0.05, 0.1) is 17.3 Å². The highest BCUT2D eigenvalue weighted by atomic mass is 15.3. The summed E-state index contributed by atoms with van der Waals surface area (Å²) in [5.41, 5.74) is 3.06. The summed E-state index contributed by atoms with van der Waals surface area (Å²) in [4.78, 5) is 8.96. The predicted molar refractivity (Wildman–Crippen MR) is 80.3 cm³/mol. The van der Waals surface area contributed by atoms with Crippen LogP contribution in [-0.2, 0) is 0 Å². The van der Waals surface area contributed by atoms with Gasteiger partial charge in [0.1, 0.15) is 11.6 Å². The van der Waals surface area contributed by atoms with Gasteiger partial charge in [-0.1, -0.05) is 17.7 Å². The molecule has 20 heavy (non-hydrogen) atoms. The molecule has 0 bridgehead atoms. The maximum absolute atomic E-state index is 4.53. The van der Waals surface area contributed by atoms with Crippen molar-refractivity contribution in [2.75, 3.05) is 11.9 Å². The molecular weight excluding hydrogens is 250 g/mol. The average Bonchev–Trinajstić information content (AvgIpc) is 2.84. The van der Waals surface area contributed by atoms with Crippen molar-refractivity contribution in [1.82, 2.24) is 19.7 Å². The van der Waals surface area contributed by atoms with Crippen LogP contribution in [0.2, 0.25) is 0 Å². The summed E-state index contributed by atoms with van der Waals surface area (Å²) in [6, 6.07) is 8.24. The molecule has 0 radical (unpaired) electrons. The number of fused-ring (bicyclic) bond motifs is 1. The van der Waals surface area contributed by atoms with Crippen LogP contribution in [0.25, 0.3) is 16.7 Å². The topological polar surface area (TPSA) is 55.6 Å². The van der Waals surface area contributed by atoms with Crippen LogP contribution in [0.5, 0.6) is 0 Å². The number of aryl methyl sites for hydroxylation is 2. The Morgan fingerprint density at radius 2 is 1.85 bits per heavy atom. The SMILES string of the molecule is CCNc1nc(C)nc2c1cnn2-c1ccc(C)cc1. The fourth-order valence-corrected chi connectivity index (χ4v) is 2.19. The number of nitrogens with one attached hydrogen (secondary N) is 1. The van der Waals surface area contributed by atoms with Crippen LogP contribution in [0.1, 0.15) is 18.3 Å². The monoisotopic (exact) mass is 267 g/mol. The van der Waals surface area contributed by atoms with Crippen LogP contribution in [0.3, 0.4) is 0 Å². The first kappa shape index (κ1) is 12.6. The highest BCUT2D eigenvalue weighted by Crippen LogP contribution is 2.22. The third kappa shape index (κ3) is 2.11. The third-order valence-corrected chi connectivity index (χ3v) is 3.16. The zero-order chi connectivity index (χ0) is 14.1. The Hall–Kier alpha value is -2.43. The standard InChI is InChI=1S/C15H17N5/c1-4-16-14-13-9-17-20(15(13)19-11(3)18-14)12-7-5-10(2)6-8-12/h5-9H,4H2,1-3H3,(H,16,18,19). The van der Waals surface area contributed by atoms with Crippen molar-refractivity contribution in [3.63, 3.8) is 0 Å². The van der Waals surface area contributed by atoms with Crippen molar-refractivity contribution in [3.8, 4) is 5.69 Å². The molecule has 0 saturated heterocycles. The minimum atomic E-state index is 0.738. The second kappa shape index (κ2) is 4.92. The molecule has 0 fully saturated rings. The third-order valence-electron chi connectivity index (χ3n) is 3.16. The molecule has 0 saturated carbocycles. The van der Waals surface area contributed by atoms with Gasteiger partial charge < -0.3 is 5.32 Å². The molecule has 1 N–H and O–H groups in total. The van der Waals surface area contributed by atoms with Gasteiger partial charge in [-0.2, -0.15) is 5.10 Å². The Morgan fingerprint density at radius 1 is 1.10 bits per heavy atom. The number of aromatic nitrogens is 4. The Labute approximate surface area is 117 Å². The lowest BCUT2D eigenvalue weighted by atomic mass is 10.2. The van der Waals surface area contributed by atoms with Gasteiger partial charge in [-0.3, -0.25) is 0 Å². The quantitative estimate of drug-likeness (QED) is 0.792. The molecule has 0 unspecified atom stereocenters. The van der Waals surface area contributed by atoms with Gasteiger partial charge in [0, 0.05) is 6.54 Å². The molecule has 1 aromatic carbocycles. The largest absolute Gasteiger partial charge is 0.370 e. The Bertz CT molecular complexity index is 743. The molecule has 3 rings (SSSR count). The summed E-state index contributed by atoms with van der Waals surface area (Å²) in [6.07, 6.45) is 1.81. The van der Waals surface area contributed by atoms with Crippen molar-refractivity contribution < 1.29 is 0 Å². The molecule has 3 aromatic rings. The van der Waals surface area contributed by atoms with E-state index in [1.165, 1.54) is 5.56 Å². The number of benzene rings is 1. The van der Waals surface area contributed by atoms with E-state index in [1.807, 2.05) is 36.9 Å². The molecular formula is C15H17N5. The van der Waals surface area contributed by atoms with E-state index in [0.717, 1.165) is 34.9 Å². The van der Waals surface area contributed by atoms with E-state index in [2.05, 4.69) is 39.4 Å². The second-order valence-corrected chi connectivity index (χ2v) is 4.78. The molecule has 5 nitrogen and oxygen atoms in total. The molecule has 0 amide bonds. The Kier molecular flexibility index (Phi) is 3.10. The number of anilines is 1. The summed E-state index contributed by atoms with van der Waals surface area (Å²) < 4.78 is 1.85. The van der Waals surface area contributed by atoms with E-state index in [-0.39, 0.29) is 0 Å². The lowest BCUT2D eigenvalue weighted by Crippen LogP contribution is -2.04. The van der Waals surface area contributed by atoms with Crippen molar-refractivity contribution in [3.05, 3.63) is 41.9 Å².